The van der Waals surface area contributed by atoms with Crippen LogP contribution in [-0.2, 0) is 0 Å². The first-order chi connectivity index (χ1) is 12.9. The molecule has 142 valence electrons. The van der Waals surface area contributed by atoms with Gasteiger partial charge in [0.25, 0.3) is 0 Å². The Kier molecular flexibility index (Phi) is 5.49. The van der Waals surface area contributed by atoms with Gasteiger partial charge in [0.15, 0.2) is 17.3 Å². The quantitative estimate of drug-likeness (QED) is 0.399. The number of alkyl halides is 4. The first-order valence-corrected chi connectivity index (χ1v) is 7.58. The molecule has 0 aromatic heterocycles. The largest absolute Gasteiger partial charge is 0.454 e. The number of ketones is 1. The first kappa shape index (κ1) is 18.6. The molecule has 0 bridgehead atoms. The van der Waals surface area contributed by atoms with Gasteiger partial charge in [-0.05, 0) is 42.5 Å². The van der Waals surface area contributed by atoms with Crippen LogP contribution in [0.4, 0.5) is 17.6 Å². The highest BCUT2D eigenvalue weighted by molar-refractivity contribution is 6.07. The maximum Gasteiger partial charge on any atom is 0.387 e. The molecule has 0 aliphatic carbocycles. The average Bonchev–Trinajstić information content (AvgIpc) is 3.07. The molecule has 2 aromatic rings. The van der Waals surface area contributed by atoms with E-state index in [-0.39, 0.29) is 18.1 Å². The molecule has 0 unspecified atom stereocenters. The summed E-state index contributed by atoms with van der Waals surface area (Å²) in [7, 11) is 0. The summed E-state index contributed by atoms with van der Waals surface area (Å²) < 4.78 is 68.4. The van der Waals surface area contributed by atoms with Crippen LogP contribution in [0, 0.1) is 0 Å². The van der Waals surface area contributed by atoms with Gasteiger partial charge >= 0.3 is 13.2 Å². The van der Waals surface area contributed by atoms with E-state index in [2.05, 4.69) is 9.47 Å². The second-order valence-corrected chi connectivity index (χ2v) is 5.22. The van der Waals surface area contributed by atoms with Crippen molar-refractivity contribution in [1.82, 2.24) is 0 Å². The number of hydrogen-bond acceptors (Lipinski definition) is 5. The van der Waals surface area contributed by atoms with Crippen molar-refractivity contribution in [3.05, 3.63) is 53.6 Å². The second kappa shape index (κ2) is 7.98. The van der Waals surface area contributed by atoms with Gasteiger partial charge in [-0.25, -0.2) is 0 Å². The van der Waals surface area contributed by atoms with Gasteiger partial charge in [0.05, 0.1) is 0 Å². The number of fused-ring (bicyclic) bond motifs is 1. The van der Waals surface area contributed by atoms with Gasteiger partial charge in [-0.1, -0.05) is 0 Å². The minimum absolute atomic E-state index is 0.0597. The van der Waals surface area contributed by atoms with Crippen molar-refractivity contribution in [3.63, 3.8) is 0 Å². The molecule has 0 atom stereocenters. The lowest BCUT2D eigenvalue weighted by Crippen LogP contribution is -2.06. The third-order valence-corrected chi connectivity index (χ3v) is 3.50. The second-order valence-electron chi connectivity index (χ2n) is 5.22. The Balaban J connectivity index is 1.81. The molecule has 3 rings (SSSR count). The molecular weight excluding hydrogens is 372 g/mol. The van der Waals surface area contributed by atoms with Crippen LogP contribution in [-0.4, -0.2) is 25.8 Å². The van der Waals surface area contributed by atoms with Crippen LogP contribution in [0.1, 0.15) is 15.9 Å². The Morgan fingerprint density at radius 3 is 2.44 bits per heavy atom. The zero-order valence-electron chi connectivity index (χ0n) is 13.5. The van der Waals surface area contributed by atoms with Gasteiger partial charge in [-0.2, -0.15) is 17.6 Å². The molecule has 0 saturated heterocycles. The SMILES string of the molecule is O=C(C=Cc1ccc(OC(F)F)cc1OC(F)F)c1ccc2c(c1)OCO2. The van der Waals surface area contributed by atoms with Crippen molar-refractivity contribution >= 4 is 11.9 Å². The molecule has 0 fully saturated rings. The Labute approximate surface area is 150 Å². The standard InChI is InChI=1S/C18H12F4O5/c19-17(20)26-12-4-1-10(15(8-12)27-18(21)22)2-5-13(23)11-3-6-14-16(7-11)25-9-24-14/h1-8,17-18H,9H2. The van der Waals surface area contributed by atoms with Crippen molar-refractivity contribution in [2.75, 3.05) is 6.79 Å². The number of rotatable bonds is 7. The van der Waals surface area contributed by atoms with Gasteiger partial charge in [-0.3, -0.25) is 4.79 Å². The topological polar surface area (TPSA) is 54.0 Å². The number of halogens is 4. The molecule has 1 aliphatic rings. The molecule has 1 heterocycles. The summed E-state index contributed by atoms with van der Waals surface area (Å²) in [5.74, 6) is -0.246. The van der Waals surface area contributed by atoms with E-state index in [1.807, 2.05) is 0 Å². The third kappa shape index (κ3) is 4.69. The maximum atomic E-state index is 12.6. The fourth-order valence-corrected chi connectivity index (χ4v) is 2.34. The van der Waals surface area contributed by atoms with Gasteiger partial charge in [-0.15, -0.1) is 0 Å². The predicted octanol–water partition coefficient (Wildman–Crippen LogP) is 4.51. The summed E-state index contributed by atoms with van der Waals surface area (Å²) in [6.45, 7) is -6.23. The molecule has 5 nitrogen and oxygen atoms in total. The van der Waals surface area contributed by atoms with Crippen molar-refractivity contribution in [2.24, 2.45) is 0 Å². The molecule has 1 aliphatic heterocycles. The lowest BCUT2D eigenvalue weighted by Gasteiger charge is -2.11. The van der Waals surface area contributed by atoms with E-state index < -0.39 is 24.8 Å². The van der Waals surface area contributed by atoms with Gasteiger partial charge in [0.2, 0.25) is 6.79 Å². The molecule has 9 heteroatoms. The molecule has 0 radical (unpaired) electrons. The fourth-order valence-electron chi connectivity index (χ4n) is 2.34. The van der Waals surface area contributed by atoms with E-state index in [1.54, 1.807) is 6.07 Å². The van der Waals surface area contributed by atoms with Crippen LogP contribution in [0.15, 0.2) is 42.5 Å². The van der Waals surface area contributed by atoms with E-state index in [0.29, 0.717) is 17.1 Å². The molecule has 2 aromatic carbocycles. The summed E-state index contributed by atoms with van der Waals surface area (Å²) in [5.41, 5.74) is 0.385. The van der Waals surface area contributed by atoms with E-state index >= 15 is 0 Å². The Bertz CT molecular complexity index is 867. The lowest BCUT2D eigenvalue weighted by atomic mass is 10.1. The van der Waals surface area contributed by atoms with Crippen LogP contribution < -0.4 is 18.9 Å². The van der Waals surface area contributed by atoms with Gasteiger partial charge in [0, 0.05) is 17.2 Å². The number of allylic oxidation sites excluding steroid dienone is 1. The zero-order chi connectivity index (χ0) is 19.4. The molecule has 0 amide bonds. The summed E-state index contributed by atoms with van der Waals surface area (Å²) in [4.78, 5) is 12.3. The van der Waals surface area contributed by atoms with Crippen LogP contribution in [0.25, 0.3) is 6.08 Å². The summed E-state index contributed by atoms with van der Waals surface area (Å²) in [6, 6.07) is 7.85. The van der Waals surface area contributed by atoms with Crippen molar-refractivity contribution in [1.29, 1.82) is 0 Å². The number of ether oxygens (including phenoxy) is 4. The fraction of sp³-hybridized carbons (Fsp3) is 0.167. The van der Waals surface area contributed by atoms with E-state index in [0.717, 1.165) is 18.2 Å². The minimum Gasteiger partial charge on any atom is -0.454 e. The van der Waals surface area contributed by atoms with Crippen LogP contribution in [0.2, 0.25) is 0 Å². The Hall–Kier alpha value is -3.23. The van der Waals surface area contributed by atoms with E-state index in [9.17, 15) is 22.4 Å². The van der Waals surface area contributed by atoms with Crippen LogP contribution in [0.3, 0.4) is 0 Å². The van der Waals surface area contributed by atoms with Gasteiger partial charge in [0.1, 0.15) is 11.5 Å². The summed E-state index contributed by atoms with van der Waals surface area (Å²) in [5, 5.41) is 0. The average molecular weight is 384 g/mol. The van der Waals surface area contributed by atoms with Crippen molar-refractivity contribution < 1.29 is 41.3 Å². The van der Waals surface area contributed by atoms with Crippen LogP contribution in [0.5, 0.6) is 23.0 Å². The zero-order valence-corrected chi connectivity index (χ0v) is 13.5. The third-order valence-electron chi connectivity index (χ3n) is 3.50. The molecule has 0 spiro atoms. The molecular formula is C18H12F4O5. The highest BCUT2D eigenvalue weighted by atomic mass is 19.3. The summed E-state index contributed by atoms with van der Waals surface area (Å²) in [6.07, 6.45) is 2.37. The minimum atomic E-state index is -3.18. The smallest absolute Gasteiger partial charge is 0.387 e. The Morgan fingerprint density at radius 2 is 1.70 bits per heavy atom. The maximum absolute atomic E-state index is 12.6. The molecule has 27 heavy (non-hydrogen) atoms. The van der Waals surface area contributed by atoms with E-state index in [1.165, 1.54) is 24.3 Å². The lowest BCUT2D eigenvalue weighted by molar-refractivity contribution is -0.0543. The number of benzene rings is 2. The highest BCUT2D eigenvalue weighted by Crippen LogP contribution is 2.33. The molecule has 0 saturated carbocycles. The predicted molar refractivity (Wildman–Crippen MR) is 85.6 cm³/mol. The van der Waals surface area contributed by atoms with Crippen molar-refractivity contribution in [3.8, 4) is 23.0 Å². The monoisotopic (exact) mass is 384 g/mol. The summed E-state index contributed by atoms with van der Waals surface area (Å²) >= 11 is 0. The first-order valence-electron chi connectivity index (χ1n) is 7.58. The highest BCUT2D eigenvalue weighted by Gasteiger charge is 2.16. The number of carbonyl (C=O) groups is 1. The van der Waals surface area contributed by atoms with Crippen LogP contribution >= 0.6 is 0 Å². The normalized spacial score (nSPS) is 12.8. The van der Waals surface area contributed by atoms with E-state index in [4.69, 9.17) is 9.47 Å². The number of carbonyl (C=O) groups excluding carboxylic acids is 1. The Morgan fingerprint density at radius 1 is 0.963 bits per heavy atom. The molecule has 0 N–H and O–H groups in total. The van der Waals surface area contributed by atoms with Gasteiger partial charge < -0.3 is 18.9 Å². The van der Waals surface area contributed by atoms with Crippen molar-refractivity contribution in [2.45, 2.75) is 13.2 Å². The number of hydrogen-bond donors (Lipinski definition) is 0.